The van der Waals surface area contributed by atoms with Gasteiger partial charge in [-0.2, -0.15) is 0 Å². The van der Waals surface area contributed by atoms with Crippen LogP contribution in [0.25, 0.3) is 27.3 Å². The second kappa shape index (κ2) is 8.61. The van der Waals surface area contributed by atoms with E-state index in [2.05, 4.69) is 97.1 Å². The van der Waals surface area contributed by atoms with E-state index in [-0.39, 0.29) is 6.04 Å². The molecule has 162 valence electrons. The number of fused-ring (bicyclic) bond motifs is 2. The van der Waals surface area contributed by atoms with Crippen molar-refractivity contribution >= 4 is 22.8 Å². The molecule has 3 heterocycles. The number of anilines is 1. The van der Waals surface area contributed by atoms with Gasteiger partial charge < -0.3 is 5.32 Å². The van der Waals surface area contributed by atoms with Crippen LogP contribution in [0.5, 0.6) is 0 Å². The molecule has 0 spiro atoms. The normalized spacial score (nSPS) is 11.9. The van der Waals surface area contributed by atoms with E-state index >= 15 is 0 Å². The number of terminal acetylenes is 1. The first-order chi connectivity index (χ1) is 16.0. The fourth-order valence-corrected chi connectivity index (χ4v) is 4.98. The average molecular weight is 448 g/mol. The van der Waals surface area contributed by atoms with Crippen molar-refractivity contribution in [2.24, 2.45) is 0 Å². The van der Waals surface area contributed by atoms with Crippen LogP contribution >= 0.6 is 11.3 Å². The summed E-state index contributed by atoms with van der Waals surface area (Å²) < 4.78 is 2.18. The second-order valence-corrected chi connectivity index (χ2v) is 9.26. The summed E-state index contributed by atoms with van der Waals surface area (Å²) in [5.41, 5.74) is 9.15. The van der Waals surface area contributed by atoms with Crippen LogP contribution in [0.15, 0.2) is 78.2 Å². The van der Waals surface area contributed by atoms with Crippen molar-refractivity contribution in [2.45, 2.75) is 26.8 Å². The van der Waals surface area contributed by atoms with Crippen molar-refractivity contribution in [3.8, 4) is 34.0 Å². The lowest BCUT2D eigenvalue weighted by molar-refractivity contribution is 0.867. The molecule has 1 unspecified atom stereocenters. The smallest absolute Gasteiger partial charge is 0.140 e. The van der Waals surface area contributed by atoms with Crippen LogP contribution in [0.3, 0.4) is 0 Å². The summed E-state index contributed by atoms with van der Waals surface area (Å²) in [6.45, 7) is 6.37. The third-order valence-corrected chi connectivity index (χ3v) is 6.77. The minimum Gasteiger partial charge on any atom is -0.363 e. The van der Waals surface area contributed by atoms with E-state index in [1.165, 1.54) is 22.3 Å². The van der Waals surface area contributed by atoms with Crippen molar-refractivity contribution in [1.29, 1.82) is 0 Å². The largest absolute Gasteiger partial charge is 0.363 e. The number of rotatable bonds is 4. The van der Waals surface area contributed by atoms with E-state index in [1.54, 1.807) is 11.3 Å². The van der Waals surface area contributed by atoms with Gasteiger partial charge in [-0.3, -0.25) is 4.40 Å². The molecule has 0 radical (unpaired) electrons. The number of pyridine rings is 1. The predicted molar refractivity (Wildman–Crippen MR) is 140 cm³/mol. The van der Waals surface area contributed by atoms with Crippen LogP contribution < -0.4 is 5.32 Å². The number of thiophene rings is 1. The van der Waals surface area contributed by atoms with Gasteiger partial charge in [-0.05, 0) is 72.7 Å². The number of nitrogens with zero attached hydrogens (tertiary/aromatic N) is 2. The number of imidazole rings is 1. The van der Waals surface area contributed by atoms with Gasteiger partial charge in [0, 0.05) is 17.3 Å². The number of hydrogen-bond donors (Lipinski definition) is 1. The third kappa shape index (κ3) is 4.16. The van der Waals surface area contributed by atoms with Crippen LogP contribution in [0.4, 0.5) is 5.82 Å². The zero-order valence-electron chi connectivity index (χ0n) is 19.0. The summed E-state index contributed by atoms with van der Waals surface area (Å²) in [7, 11) is 0. The molecule has 3 nitrogen and oxygen atoms in total. The van der Waals surface area contributed by atoms with E-state index in [0.29, 0.717) is 0 Å². The van der Waals surface area contributed by atoms with Crippen molar-refractivity contribution in [3.63, 3.8) is 0 Å². The number of aryl methyl sites for hydroxylation is 2. The van der Waals surface area contributed by atoms with Gasteiger partial charge >= 0.3 is 0 Å². The molecular formula is C29H25N3S. The number of nitrogens with one attached hydrogen (secondary N) is 1. The van der Waals surface area contributed by atoms with E-state index in [9.17, 15) is 0 Å². The van der Waals surface area contributed by atoms with Gasteiger partial charge in [-0.25, -0.2) is 4.98 Å². The number of aromatic nitrogens is 2. The highest BCUT2D eigenvalue weighted by molar-refractivity contribution is 7.13. The van der Waals surface area contributed by atoms with E-state index < -0.39 is 0 Å². The quantitative estimate of drug-likeness (QED) is 0.284. The summed E-state index contributed by atoms with van der Waals surface area (Å²) in [6.07, 6.45) is 5.72. The summed E-state index contributed by atoms with van der Waals surface area (Å²) >= 11 is 1.63. The molecule has 0 fully saturated rings. The SMILES string of the molecule is C#Cc1ccsc1-c1nc2cc(C)cc(C)n2c1NC(C)c1ccccc1.c1cc2cc-2c1. The van der Waals surface area contributed by atoms with E-state index in [1.807, 2.05) is 17.5 Å². The fourth-order valence-electron chi connectivity index (χ4n) is 4.13. The minimum absolute atomic E-state index is 0.139. The summed E-state index contributed by atoms with van der Waals surface area (Å²) in [5.74, 6) is 3.77. The Hall–Kier alpha value is -3.81. The summed E-state index contributed by atoms with van der Waals surface area (Å²) in [6, 6.07) is 25.3. The van der Waals surface area contributed by atoms with Crippen molar-refractivity contribution in [1.82, 2.24) is 9.38 Å². The zero-order valence-corrected chi connectivity index (χ0v) is 19.8. The molecule has 1 atom stereocenters. The molecule has 0 bridgehead atoms. The second-order valence-electron chi connectivity index (χ2n) is 8.34. The summed E-state index contributed by atoms with van der Waals surface area (Å²) in [5, 5.41) is 5.71. The zero-order chi connectivity index (χ0) is 22.9. The van der Waals surface area contributed by atoms with Gasteiger partial charge in [0.1, 0.15) is 17.2 Å². The minimum atomic E-state index is 0.139. The predicted octanol–water partition coefficient (Wildman–Crippen LogP) is 7.50. The Morgan fingerprint density at radius 1 is 0.970 bits per heavy atom. The molecule has 2 aliphatic rings. The van der Waals surface area contributed by atoms with Gasteiger partial charge in [0.05, 0.1) is 4.88 Å². The van der Waals surface area contributed by atoms with E-state index in [4.69, 9.17) is 11.4 Å². The van der Waals surface area contributed by atoms with Crippen molar-refractivity contribution < 1.29 is 0 Å². The molecule has 1 aromatic carbocycles. The molecule has 3 aromatic heterocycles. The average Bonchev–Trinajstić information content (AvgIpc) is 3.17. The Kier molecular flexibility index (Phi) is 5.50. The molecule has 0 saturated carbocycles. The molecule has 33 heavy (non-hydrogen) atoms. The molecule has 1 N–H and O–H groups in total. The van der Waals surface area contributed by atoms with Crippen LogP contribution in [0.1, 0.15) is 35.3 Å². The highest BCUT2D eigenvalue weighted by atomic mass is 32.1. The Bertz CT molecular complexity index is 1470. The first-order valence-corrected chi connectivity index (χ1v) is 11.9. The maximum atomic E-state index is 5.72. The standard InChI is InChI=1S/C23H21N3S.C6H4/c1-5-18-11-12-27-22(18)21-23(24-17(4)19-9-7-6-8-10-19)26-16(3)13-15(2)14-20(26)25-21;1-2-5-4-6(5)3-1/h1,6-14,17,24H,2-4H3;1-4H. The van der Waals surface area contributed by atoms with Gasteiger partial charge in [0.15, 0.2) is 0 Å². The Morgan fingerprint density at radius 3 is 2.36 bits per heavy atom. The first-order valence-electron chi connectivity index (χ1n) is 11.0. The Balaban J connectivity index is 0.000000324. The van der Waals surface area contributed by atoms with Crippen LogP contribution in [0.2, 0.25) is 0 Å². The van der Waals surface area contributed by atoms with Crippen molar-refractivity contribution in [2.75, 3.05) is 5.32 Å². The van der Waals surface area contributed by atoms with E-state index in [0.717, 1.165) is 33.3 Å². The summed E-state index contributed by atoms with van der Waals surface area (Å²) in [4.78, 5) is 5.98. The maximum Gasteiger partial charge on any atom is 0.140 e. The lowest BCUT2D eigenvalue weighted by Crippen LogP contribution is -2.10. The Labute approximate surface area is 198 Å². The molecular weight excluding hydrogens is 422 g/mol. The van der Waals surface area contributed by atoms with Gasteiger partial charge in [-0.1, -0.05) is 54.5 Å². The number of hydrogen-bond acceptors (Lipinski definition) is 3. The van der Waals surface area contributed by atoms with Crippen LogP contribution in [0, 0.1) is 26.2 Å². The molecule has 2 aliphatic carbocycles. The van der Waals surface area contributed by atoms with Gasteiger partial charge in [0.2, 0.25) is 0 Å². The maximum absolute atomic E-state index is 5.72. The highest BCUT2D eigenvalue weighted by Crippen LogP contribution is 2.37. The van der Waals surface area contributed by atoms with Gasteiger partial charge in [-0.15, -0.1) is 17.8 Å². The molecule has 4 aromatic rings. The third-order valence-electron chi connectivity index (χ3n) is 5.85. The first kappa shape index (κ1) is 21.1. The highest BCUT2D eigenvalue weighted by Gasteiger charge is 2.20. The molecule has 6 rings (SSSR count). The molecule has 4 heteroatoms. The monoisotopic (exact) mass is 447 g/mol. The van der Waals surface area contributed by atoms with Crippen LogP contribution in [-0.2, 0) is 0 Å². The molecule has 0 saturated heterocycles. The molecule has 0 amide bonds. The fraction of sp³-hybridized carbons (Fsp3) is 0.138. The van der Waals surface area contributed by atoms with Gasteiger partial charge in [0.25, 0.3) is 0 Å². The Morgan fingerprint density at radius 2 is 1.73 bits per heavy atom. The number of benzene rings is 2. The molecule has 0 aliphatic heterocycles. The van der Waals surface area contributed by atoms with Crippen LogP contribution in [-0.4, -0.2) is 9.38 Å². The van der Waals surface area contributed by atoms with Crippen molar-refractivity contribution in [3.05, 3.63) is 101 Å². The lowest BCUT2D eigenvalue weighted by atomic mass is 10.1. The topological polar surface area (TPSA) is 29.3 Å². The lowest BCUT2D eigenvalue weighted by Gasteiger charge is -2.17.